The Hall–Kier alpha value is -1.61. The summed E-state index contributed by atoms with van der Waals surface area (Å²) in [5.41, 5.74) is 3.15. The molecule has 1 aromatic heterocycles. The van der Waals surface area contributed by atoms with Gasteiger partial charge in [0.25, 0.3) is 0 Å². The number of imidazole rings is 1. The zero-order valence-electron chi connectivity index (χ0n) is 12.1. The summed E-state index contributed by atoms with van der Waals surface area (Å²) in [6.45, 7) is 9.41. The lowest BCUT2D eigenvalue weighted by atomic mass is 9.86. The third-order valence-corrected chi connectivity index (χ3v) is 3.46. The maximum absolute atomic E-state index is 10.4. The monoisotopic (exact) mass is 258 g/mol. The maximum atomic E-state index is 10.4. The summed E-state index contributed by atoms with van der Waals surface area (Å²) in [5, 5.41) is 10.4. The van der Waals surface area contributed by atoms with Crippen molar-refractivity contribution in [3.05, 3.63) is 53.6 Å². The lowest BCUT2D eigenvalue weighted by molar-refractivity contribution is 0.210. The van der Waals surface area contributed by atoms with Crippen molar-refractivity contribution in [2.24, 2.45) is 0 Å². The molecule has 0 fully saturated rings. The van der Waals surface area contributed by atoms with Crippen LogP contribution in [0, 0.1) is 0 Å². The van der Waals surface area contributed by atoms with Gasteiger partial charge in [-0.15, -0.1) is 0 Å². The molecule has 1 unspecified atom stereocenters. The third kappa shape index (κ3) is 2.87. The number of hydrogen-bond acceptors (Lipinski definition) is 2. The van der Waals surface area contributed by atoms with Crippen LogP contribution in [0.15, 0.2) is 36.8 Å². The van der Waals surface area contributed by atoms with Crippen LogP contribution in [-0.2, 0) is 12.0 Å². The first-order valence-corrected chi connectivity index (χ1v) is 6.72. The van der Waals surface area contributed by atoms with Crippen LogP contribution in [0.4, 0.5) is 0 Å². The van der Waals surface area contributed by atoms with Crippen LogP contribution in [-0.4, -0.2) is 14.7 Å². The molecule has 0 radical (unpaired) electrons. The minimum Gasteiger partial charge on any atom is -0.382 e. The highest BCUT2D eigenvalue weighted by Gasteiger charge is 2.17. The highest BCUT2D eigenvalue weighted by Crippen LogP contribution is 2.26. The van der Waals surface area contributed by atoms with Crippen LogP contribution in [0.1, 0.15) is 50.6 Å². The Balaban J connectivity index is 2.28. The smallest absolute Gasteiger partial charge is 0.121 e. The molecule has 1 atom stereocenters. The van der Waals surface area contributed by atoms with Crippen LogP contribution in [0.3, 0.4) is 0 Å². The third-order valence-electron chi connectivity index (χ3n) is 3.46. The van der Waals surface area contributed by atoms with Gasteiger partial charge in [0.2, 0.25) is 0 Å². The van der Waals surface area contributed by atoms with Crippen molar-refractivity contribution < 1.29 is 5.11 Å². The molecule has 0 aliphatic rings. The molecule has 0 amide bonds. The van der Waals surface area contributed by atoms with Crippen molar-refractivity contribution in [1.29, 1.82) is 0 Å². The van der Waals surface area contributed by atoms with E-state index < -0.39 is 6.10 Å². The Labute approximate surface area is 114 Å². The zero-order chi connectivity index (χ0) is 14.0. The first-order chi connectivity index (χ1) is 8.93. The Bertz CT molecular complexity index is 535. The average molecular weight is 258 g/mol. The molecule has 3 nitrogen and oxygen atoms in total. The van der Waals surface area contributed by atoms with Crippen molar-refractivity contribution in [2.75, 3.05) is 0 Å². The predicted octanol–water partition coefficient (Wildman–Crippen LogP) is 3.28. The van der Waals surface area contributed by atoms with E-state index in [4.69, 9.17) is 0 Å². The van der Waals surface area contributed by atoms with E-state index >= 15 is 0 Å². The predicted molar refractivity (Wildman–Crippen MR) is 77.1 cm³/mol. The van der Waals surface area contributed by atoms with E-state index in [0.29, 0.717) is 0 Å². The van der Waals surface area contributed by atoms with Gasteiger partial charge in [0.15, 0.2) is 0 Å². The molecule has 1 N–H and O–H groups in total. The van der Waals surface area contributed by atoms with E-state index in [-0.39, 0.29) is 5.41 Å². The number of hydrogen-bond donors (Lipinski definition) is 1. The molecule has 0 bridgehead atoms. The molecule has 0 spiro atoms. The first-order valence-electron chi connectivity index (χ1n) is 6.72. The van der Waals surface area contributed by atoms with Crippen molar-refractivity contribution in [3.8, 4) is 0 Å². The van der Waals surface area contributed by atoms with E-state index in [2.05, 4.69) is 37.9 Å². The van der Waals surface area contributed by atoms with E-state index in [1.807, 2.05) is 23.6 Å². The van der Waals surface area contributed by atoms with Crippen LogP contribution >= 0.6 is 0 Å². The fourth-order valence-corrected chi connectivity index (χ4v) is 2.16. The van der Waals surface area contributed by atoms with Crippen LogP contribution < -0.4 is 0 Å². The van der Waals surface area contributed by atoms with E-state index in [0.717, 1.165) is 17.8 Å². The van der Waals surface area contributed by atoms with Crippen LogP contribution in [0.25, 0.3) is 0 Å². The lowest BCUT2D eigenvalue weighted by Gasteiger charge is -2.20. The zero-order valence-corrected chi connectivity index (χ0v) is 12.1. The maximum Gasteiger partial charge on any atom is 0.121 e. The number of nitrogens with zero attached hydrogens (tertiary/aromatic N) is 2. The second-order valence-corrected chi connectivity index (χ2v) is 5.88. The molecular weight excluding hydrogens is 236 g/mol. The number of aryl methyl sites for hydroxylation is 1. The van der Waals surface area contributed by atoms with Gasteiger partial charge < -0.3 is 9.67 Å². The lowest BCUT2D eigenvalue weighted by Crippen LogP contribution is -2.12. The van der Waals surface area contributed by atoms with Gasteiger partial charge in [-0.25, -0.2) is 4.98 Å². The van der Waals surface area contributed by atoms with E-state index in [9.17, 15) is 5.11 Å². The van der Waals surface area contributed by atoms with Gasteiger partial charge >= 0.3 is 0 Å². The van der Waals surface area contributed by atoms with Gasteiger partial charge in [-0.1, -0.05) is 45.0 Å². The Morgan fingerprint density at radius 3 is 2.37 bits per heavy atom. The summed E-state index contributed by atoms with van der Waals surface area (Å²) < 4.78 is 1.96. The van der Waals surface area contributed by atoms with Gasteiger partial charge in [0, 0.05) is 6.54 Å². The molecule has 0 aliphatic carbocycles. The Morgan fingerprint density at radius 2 is 1.84 bits per heavy atom. The summed E-state index contributed by atoms with van der Waals surface area (Å²) in [6, 6.07) is 8.17. The molecule has 2 aromatic rings. The van der Waals surface area contributed by atoms with Crippen molar-refractivity contribution in [1.82, 2.24) is 9.55 Å². The normalized spacial score (nSPS) is 13.5. The number of rotatable bonds is 3. The molecular formula is C16H22N2O. The van der Waals surface area contributed by atoms with Gasteiger partial charge in [0.05, 0.1) is 18.2 Å². The van der Waals surface area contributed by atoms with Crippen LogP contribution in [0.5, 0.6) is 0 Å². The highest BCUT2D eigenvalue weighted by molar-refractivity contribution is 5.31. The SMILES string of the molecule is CCn1cncc1C(O)c1ccc(C(C)(C)C)cc1. The largest absolute Gasteiger partial charge is 0.382 e. The van der Waals surface area contributed by atoms with E-state index in [1.165, 1.54) is 5.56 Å². The van der Waals surface area contributed by atoms with Crippen molar-refractivity contribution in [2.45, 2.75) is 45.8 Å². The number of aliphatic hydroxyl groups is 1. The number of aliphatic hydroxyl groups excluding tert-OH is 1. The average Bonchev–Trinajstić information content (AvgIpc) is 2.85. The molecule has 0 saturated carbocycles. The minimum absolute atomic E-state index is 0.134. The summed E-state index contributed by atoms with van der Waals surface area (Å²) in [5.74, 6) is 0. The Morgan fingerprint density at radius 1 is 1.21 bits per heavy atom. The summed E-state index contributed by atoms with van der Waals surface area (Å²) in [4.78, 5) is 4.10. The molecule has 3 heteroatoms. The minimum atomic E-state index is -0.614. The Kier molecular flexibility index (Phi) is 3.76. The first kappa shape index (κ1) is 13.8. The molecule has 1 aromatic carbocycles. The number of aromatic nitrogens is 2. The molecule has 2 rings (SSSR count). The molecule has 1 heterocycles. The van der Waals surface area contributed by atoms with Crippen molar-refractivity contribution >= 4 is 0 Å². The summed E-state index contributed by atoms with van der Waals surface area (Å²) in [6.07, 6.45) is 2.87. The fraction of sp³-hybridized carbons (Fsp3) is 0.438. The fourth-order valence-electron chi connectivity index (χ4n) is 2.16. The standard InChI is InChI=1S/C16H22N2O/c1-5-18-11-17-10-14(18)15(19)12-6-8-13(9-7-12)16(2,3)4/h6-11,15,19H,5H2,1-4H3. The topological polar surface area (TPSA) is 38.0 Å². The van der Waals surface area contributed by atoms with Gasteiger partial charge in [0.1, 0.15) is 6.10 Å². The van der Waals surface area contributed by atoms with Crippen molar-refractivity contribution in [3.63, 3.8) is 0 Å². The van der Waals surface area contributed by atoms with Crippen LogP contribution in [0.2, 0.25) is 0 Å². The molecule has 0 aliphatic heterocycles. The second kappa shape index (κ2) is 5.17. The summed E-state index contributed by atoms with van der Waals surface area (Å²) in [7, 11) is 0. The summed E-state index contributed by atoms with van der Waals surface area (Å²) >= 11 is 0. The molecule has 19 heavy (non-hydrogen) atoms. The quantitative estimate of drug-likeness (QED) is 0.917. The van der Waals surface area contributed by atoms with Gasteiger partial charge in [-0.05, 0) is 23.5 Å². The highest BCUT2D eigenvalue weighted by atomic mass is 16.3. The second-order valence-electron chi connectivity index (χ2n) is 5.88. The van der Waals surface area contributed by atoms with E-state index in [1.54, 1.807) is 12.5 Å². The van der Waals surface area contributed by atoms with Gasteiger partial charge in [-0.3, -0.25) is 0 Å². The molecule has 0 saturated heterocycles. The molecule has 102 valence electrons. The number of benzene rings is 1. The van der Waals surface area contributed by atoms with Gasteiger partial charge in [-0.2, -0.15) is 0 Å².